The van der Waals surface area contributed by atoms with Crippen molar-refractivity contribution in [3.63, 3.8) is 0 Å². The van der Waals surface area contributed by atoms with Crippen molar-refractivity contribution in [3.8, 4) is 11.5 Å². The largest absolute Gasteiger partial charge is 0.497 e. The van der Waals surface area contributed by atoms with Crippen molar-refractivity contribution in [1.29, 1.82) is 0 Å². The molecule has 0 unspecified atom stereocenters. The first-order valence-electron chi connectivity index (χ1n) is 5.60. The fourth-order valence-corrected chi connectivity index (χ4v) is 1.15. The minimum Gasteiger partial charge on any atom is -0.497 e. The van der Waals surface area contributed by atoms with Crippen LogP contribution in [0.25, 0.3) is 0 Å². The summed E-state index contributed by atoms with van der Waals surface area (Å²) in [7, 11) is 5.68. The molecule has 0 amide bonds. The van der Waals surface area contributed by atoms with Gasteiger partial charge in [0.15, 0.2) is 0 Å². The highest BCUT2D eigenvalue weighted by molar-refractivity contribution is 5.55. The summed E-state index contributed by atoms with van der Waals surface area (Å²) in [5.41, 5.74) is 6.43. The number of rotatable bonds is 5. The van der Waals surface area contributed by atoms with Gasteiger partial charge in [-0.05, 0) is 40.1 Å². The van der Waals surface area contributed by atoms with E-state index >= 15 is 0 Å². The van der Waals surface area contributed by atoms with Crippen LogP contribution in [0.2, 0.25) is 0 Å². The zero-order valence-electron chi connectivity index (χ0n) is 11.3. The molecular formula is C13H22N2O2. The van der Waals surface area contributed by atoms with Crippen molar-refractivity contribution >= 4 is 5.69 Å². The van der Waals surface area contributed by atoms with Gasteiger partial charge in [-0.25, -0.2) is 0 Å². The molecule has 2 N–H and O–H groups in total. The van der Waals surface area contributed by atoms with Gasteiger partial charge in [0.05, 0.1) is 12.8 Å². The quantitative estimate of drug-likeness (QED) is 0.797. The van der Waals surface area contributed by atoms with E-state index in [-0.39, 0.29) is 5.54 Å². The average Bonchev–Trinajstić information content (AvgIpc) is 2.28. The second-order valence-electron chi connectivity index (χ2n) is 4.90. The normalized spacial score (nSPS) is 11.6. The zero-order valence-corrected chi connectivity index (χ0v) is 11.3. The Morgan fingerprint density at radius 2 is 1.94 bits per heavy atom. The number of likely N-dealkylation sites (N-methyl/N-ethyl adjacent to an activating group) is 1. The molecule has 4 heteroatoms. The van der Waals surface area contributed by atoms with E-state index in [0.29, 0.717) is 18.0 Å². The smallest absolute Gasteiger partial charge is 0.145 e. The van der Waals surface area contributed by atoms with Crippen LogP contribution in [0.4, 0.5) is 5.69 Å². The van der Waals surface area contributed by atoms with Crippen LogP contribution in [-0.4, -0.2) is 38.3 Å². The second-order valence-corrected chi connectivity index (χ2v) is 4.90. The van der Waals surface area contributed by atoms with E-state index in [4.69, 9.17) is 15.2 Å². The molecule has 0 heterocycles. The van der Waals surface area contributed by atoms with Gasteiger partial charge < -0.3 is 20.1 Å². The van der Waals surface area contributed by atoms with E-state index in [0.717, 1.165) is 5.75 Å². The molecule has 0 atom stereocenters. The summed E-state index contributed by atoms with van der Waals surface area (Å²) in [5.74, 6) is 1.41. The van der Waals surface area contributed by atoms with Gasteiger partial charge in [0.2, 0.25) is 0 Å². The van der Waals surface area contributed by atoms with Crippen molar-refractivity contribution in [2.45, 2.75) is 19.4 Å². The minimum absolute atomic E-state index is 0.0461. The molecule has 1 aromatic carbocycles. The third-order valence-corrected chi connectivity index (χ3v) is 3.01. The first-order chi connectivity index (χ1) is 7.86. The van der Waals surface area contributed by atoms with Gasteiger partial charge in [-0.1, -0.05) is 0 Å². The van der Waals surface area contributed by atoms with Gasteiger partial charge >= 0.3 is 0 Å². The monoisotopic (exact) mass is 238 g/mol. The fourth-order valence-electron chi connectivity index (χ4n) is 1.15. The molecule has 0 aromatic heterocycles. The van der Waals surface area contributed by atoms with Crippen LogP contribution in [-0.2, 0) is 0 Å². The standard InChI is InChI=1S/C13H22N2O2/c1-13(2,15(3)4)9-17-12-8-10(16-5)6-7-11(12)14/h6-8H,9,14H2,1-5H3. The van der Waals surface area contributed by atoms with Gasteiger partial charge in [0, 0.05) is 11.6 Å². The lowest BCUT2D eigenvalue weighted by molar-refractivity contribution is 0.114. The van der Waals surface area contributed by atoms with Gasteiger partial charge in [0.1, 0.15) is 18.1 Å². The van der Waals surface area contributed by atoms with Gasteiger partial charge in [-0.15, -0.1) is 0 Å². The lowest BCUT2D eigenvalue weighted by Gasteiger charge is -2.32. The van der Waals surface area contributed by atoms with Crippen molar-refractivity contribution in [2.24, 2.45) is 0 Å². The van der Waals surface area contributed by atoms with Gasteiger partial charge in [0.25, 0.3) is 0 Å². The number of hydrogen-bond acceptors (Lipinski definition) is 4. The third-order valence-electron chi connectivity index (χ3n) is 3.01. The van der Waals surface area contributed by atoms with E-state index in [9.17, 15) is 0 Å². The van der Waals surface area contributed by atoms with Crippen LogP contribution >= 0.6 is 0 Å². The van der Waals surface area contributed by atoms with Gasteiger partial charge in [-0.2, -0.15) is 0 Å². The van der Waals surface area contributed by atoms with E-state index in [1.165, 1.54) is 0 Å². The Hall–Kier alpha value is -1.42. The first kappa shape index (κ1) is 13.6. The van der Waals surface area contributed by atoms with Crippen LogP contribution in [0.1, 0.15) is 13.8 Å². The number of nitrogens with zero attached hydrogens (tertiary/aromatic N) is 1. The molecule has 0 saturated heterocycles. The number of nitrogens with two attached hydrogens (primary N) is 1. The maximum absolute atomic E-state index is 5.86. The summed E-state index contributed by atoms with van der Waals surface area (Å²) in [6.45, 7) is 4.80. The highest BCUT2D eigenvalue weighted by Crippen LogP contribution is 2.27. The molecule has 0 fully saturated rings. The first-order valence-corrected chi connectivity index (χ1v) is 5.60. The van der Waals surface area contributed by atoms with E-state index in [2.05, 4.69) is 18.7 Å². The Balaban J connectivity index is 2.75. The Morgan fingerprint density at radius 1 is 1.29 bits per heavy atom. The topological polar surface area (TPSA) is 47.7 Å². The van der Waals surface area contributed by atoms with Crippen molar-refractivity contribution in [1.82, 2.24) is 4.90 Å². The van der Waals surface area contributed by atoms with Crippen LogP contribution in [0.15, 0.2) is 18.2 Å². The van der Waals surface area contributed by atoms with Crippen molar-refractivity contribution in [2.75, 3.05) is 33.5 Å². The number of hydrogen-bond donors (Lipinski definition) is 1. The lowest BCUT2D eigenvalue weighted by Crippen LogP contribution is -2.43. The van der Waals surface area contributed by atoms with E-state index in [1.807, 2.05) is 20.2 Å². The predicted molar refractivity (Wildman–Crippen MR) is 70.7 cm³/mol. The molecular weight excluding hydrogens is 216 g/mol. The predicted octanol–water partition coefficient (Wildman–Crippen LogP) is 2.00. The summed E-state index contributed by atoms with van der Waals surface area (Å²) < 4.78 is 10.9. The maximum Gasteiger partial charge on any atom is 0.145 e. The van der Waals surface area contributed by atoms with Crippen molar-refractivity contribution in [3.05, 3.63) is 18.2 Å². The Labute approximate surface area is 103 Å². The summed E-state index contributed by atoms with van der Waals surface area (Å²) in [4.78, 5) is 2.11. The van der Waals surface area contributed by atoms with E-state index < -0.39 is 0 Å². The molecule has 0 radical (unpaired) electrons. The molecule has 0 aliphatic carbocycles. The Morgan fingerprint density at radius 3 is 2.47 bits per heavy atom. The maximum atomic E-state index is 5.86. The minimum atomic E-state index is -0.0461. The van der Waals surface area contributed by atoms with Crippen LogP contribution in [0.3, 0.4) is 0 Å². The molecule has 1 aromatic rings. The Kier molecular flexibility index (Phi) is 4.23. The van der Waals surface area contributed by atoms with Crippen LogP contribution < -0.4 is 15.2 Å². The van der Waals surface area contributed by atoms with Gasteiger partial charge in [-0.3, -0.25) is 0 Å². The summed E-state index contributed by atoms with van der Waals surface area (Å²) >= 11 is 0. The molecule has 96 valence electrons. The summed E-state index contributed by atoms with van der Waals surface area (Å²) in [6.07, 6.45) is 0. The summed E-state index contributed by atoms with van der Waals surface area (Å²) in [6, 6.07) is 5.41. The van der Waals surface area contributed by atoms with Crippen molar-refractivity contribution < 1.29 is 9.47 Å². The molecule has 4 nitrogen and oxygen atoms in total. The molecule has 0 aliphatic rings. The molecule has 0 saturated carbocycles. The highest BCUT2D eigenvalue weighted by Gasteiger charge is 2.21. The molecule has 0 bridgehead atoms. The zero-order chi connectivity index (χ0) is 13.1. The number of anilines is 1. The molecule has 0 aliphatic heterocycles. The molecule has 17 heavy (non-hydrogen) atoms. The second kappa shape index (κ2) is 5.27. The number of methoxy groups -OCH3 is 1. The number of benzene rings is 1. The summed E-state index contributed by atoms with van der Waals surface area (Å²) in [5, 5.41) is 0. The molecule has 1 rings (SSSR count). The average molecular weight is 238 g/mol. The lowest BCUT2D eigenvalue weighted by atomic mass is 10.1. The number of ether oxygens (including phenoxy) is 2. The molecule has 0 spiro atoms. The van der Waals surface area contributed by atoms with Crippen LogP contribution in [0, 0.1) is 0 Å². The number of nitrogen functional groups attached to an aromatic ring is 1. The van der Waals surface area contributed by atoms with E-state index in [1.54, 1.807) is 19.2 Å². The fraction of sp³-hybridized carbons (Fsp3) is 0.538. The highest BCUT2D eigenvalue weighted by atomic mass is 16.5. The Bertz CT molecular complexity index is 376. The third kappa shape index (κ3) is 3.53. The SMILES string of the molecule is COc1ccc(N)c(OCC(C)(C)N(C)C)c1. The van der Waals surface area contributed by atoms with Crippen LogP contribution in [0.5, 0.6) is 11.5 Å².